The molecule has 0 bridgehead atoms. The van der Waals surface area contributed by atoms with E-state index in [1.54, 1.807) is 43.5 Å². The quantitative estimate of drug-likeness (QED) is 0.494. The molecule has 1 fully saturated rings. The second kappa shape index (κ2) is 10.5. The number of benzene rings is 2. The number of hydrogen-bond donors (Lipinski definition) is 2. The number of para-hydroxylation sites is 1. The minimum absolute atomic E-state index is 0.0312. The van der Waals surface area contributed by atoms with Gasteiger partial charge in [-0.3, -0.25) is 9.59 Å². The highest BCUT2D eigenvalue weighted by atomic mass is 16.5. The standard InChI is InChI=1S/C26H28N2O6/c1-16-19-10-9-17(32-2)14-23(19)34-26(31)20(16)11-12-24(29)28-22-8-4-3-7-21(22)25(30)27-15-18-6-5-13-33-18/h3-4,7-10,14,18H,5-6,11-13,15H2,1-2H3,(H,27,30)(H,28,29)/t18-/m1/s1. The van der Waals surface area contributed by atoms with Gasteiger partial charge in [-0.2, -0.15) is 0 Å². The predicted molar refractivity (Wildman–Crippen MR) is 128 cm³/mol. The number of ether oxygens (including phenoxy) is 2. The number of fused-ring (bicyclic) bond motifs is 1. The van der Waals surface area contributed by atoms with Crippen LogP contribution in [0.3, 0.4) is 0 Å². The fourth-order valence-electron chi connectivity index (χ4n) is 4.14. The van der Waals surface area contributed by atoms with E-state index in [4.69, 9.17) is 13.9 Å². The topological polar surface area (TPSA) is 107 Å². The van der Waals surface area contributed by atoms with E-state index in [1.807, 2.05) is 13.0 Å². The fourth-order valence-corrected chi connectivity index (χ4v) is 4.14. The lowest BCUT2D eigenvalue weighted by Gasteiger charge is -2.14. The van der Waals surface area contributed by atoms with Gasteiger partial charge in [-0.15, -0.1) is 0 Å². The average molecular weight is 465 g/mol. The van der Waals surface area contributed by atoms with Crippen LogP contribution < -0.4 is 21.0 Å². The molecule has 178 valence electrons. The van der Waals surface area contributed by atoms with E-state index in [-0.39, 0.29) is 30.8 Å². The van der Waals surface area contributed by atoms with E-state index < -0.39 is 5.63 Å². The van der Waals surface area contributed by atoms with Crippen LogP contribution in [0.15, 0.2) is 51.7 Å². The van der Waals surface area contributed by atoms with Crippen LogP contribution in [0, 0.1) is 6.92 Å². The molecule has 2 aromatic carbocycles. The lowest BCUT2D eigenvalue weighted by atomic mass is 10.0. The van der Waals surface area contributed by atoms with E-state index in [0.29, 0.717) is 34.7 Å². The Labute approximate surface area is 197 Å². The highest BCUT2D eigenvalue weighted by Gasteiger charge is 2.19. The normalized spacial score (nSPS) is 15.3. The van der Waals surface area contributed by atoms with Gasteiger partial charge >= 0.3 is 5.63 Å². The number of carbonyl (C=O) groups excluding carboxylic acids is 2. The van der Waals surface area contributed by atoms with Gasteiger partial charge < -0.3 is 24.5 Å². The van der Waals surface area contributed by atoms with Crippen molar-refractivity contribution in [2.75, 3.05) is 25.6 Å². The number of amides is 2. The lowest BCUT2D eigenvalue weighted by molar-refractivity contribution is -0.116. The Balaban J connectivity index is 1.42. The summed E-state index contributed by atoms with van der Waals surface area (Å²) in [5, 5.41) is 6.47. The molecular formula is C26H28N2O6. The minimum Gasteiger partial charge on any atom is -0.497 e. The molecule has 0 unspecified atom stereocenters. The summed E-state index contributed by atoms with van der Waals surface area (Å²) in [5.74, 6) is 0.0292. The van der Waals surface area contributed by atoms with E-state index in [1.165, 1.54) is 0 Å². The molecule has 34 heavy (non-hydrogen) atoms. The summed E-state index contributed by atoms with van der Waals surface area (Å²) in [6.45, 7) is 2.99. The first-order chi connectivity index (χ1) is 16.5. The van der Waals surface area contributed by atoms with Gasteiger partial charge in [0.2, 0.25) is 5.91 Å². The highest BCUT2D eigenvalue weighted by molar-refractivity contribution is 6.03. The van der Waals surface area contributed by atoms with Gasteiger partial charge in [0.1, 0.15) is 11.3 Å². The maximum absolute atomic E-state index is 12.7. The van der Waals surface area contributed by atoms with Crippen molar-refractivity contribution in [1.29, 1.82) is 0 Å². The van der Waals surface area contributed by atoms with Crippen molar-refractivity contribution in [3.8, 4) is 5.75 Å². The SMILES string of the molecule is COc1ccc2c(C)c(CCC(=O)Nc3ccccc3C(=O)NC[C@H]3CCCO3)c(=O)oc2c1. The third-order valence-electron chi connectivity index (χ3n) is 6.06. The molecule has 8 heteroatoms. The Kier molecular flexibility index (Phi) is 7.27. The number of rotatable bonds is 8. The molecule has 4 rings (SSSR count). The van der Waals surface area contributed by atoms with Gasteiger partial charge in [0.05, 0.1) is 24.5 Å². The van der Waals surface area contributed by atoms with E-state index >= 15 is 0 Å². The molecule has 1 aliphatic rings. The fraction of sp³-hybridized carbons (Fsp3) is 0.346. The van der Waals surface area contributed by atoms with Crippen LogP contribution >= 0.6 is 0 Å². The number of nitrogens with one attached hydrogen (secondary N) is 2. The minimum atomic E-state index is -0.472. The maximum atomic E-state index is 12.7. The van der Waals surface area contributed by atoms with Crippen LogP contribution in [0.2, 0.25) is 0 Å². The largest absolute Gasteiger partial charge is 0.497 e. The molecule has 1 saturated heterocycles. The second-order valence-corrected chi connectivity index (χ2v) is 8.29. The molecule has 1 atom stereocenters. The molecule has 1 aromatic heterocycles. The molecule has 2 amide bonds. The molecule has 1 aliphatic heterocycles. The number of anilines is 1. The Morgan fingerprint density at radius 2 is 2.00 bits per heavy atom. The van der Waals surface area contributed by atoms with Crippen LogP contribution in [0.4, 0.5) is 5.69 Å². The van der Waals surface area contributed by atoms with E-state index in [2.05, 4.69) is 10.6 Å². The van der Waals surface area contributed by atoms with Crippen molar-refractivity contribution in [3.63, 3.8) is 0 Å². The predicted octanol–water partition coefficient (Wildman–Crippen LogP) is 3.59. The van der Waals surface area contributed by atoms with Crippen molar-refractivity contribution in [1.82, 2.24) is 5.32 Å². The van der Waals surface area contributed by atoms with Gasteiger partial charge in [0, 0.05) is 36.6 Å². The van der Waals surface area contributed by atoms with Crippen LogP contribution in [0.1, 0.15) is 40.7 Å². The molecule has 0 aliphatic carbocycles. The first-order valence-electron chi connectivity index (χ1n) is 11.3. The highest BCUT2D eigenvalue weighted by Crippen LogP contribution is 2.24. The van der Waals surface area contributed by atoms with Crippen LogP contribution in [0.5, 0.6) is 5.75 Å². The number of carbonyl (C=O) groups is 2. The van der Waals surface area contributed by atoms with Crippen LogP contribution in [0.25, 0.3) is 11.0 Å². The van der Waals surface area contributed by atoms with E-state index in [9.17, 15) is 14.4 Å². The summed E-state index contributed by atoms with van der Waals surface area (Å²) < 4.78 is 16.2. The van der Waals surface area contributed by atoms with Gasteiger partial charge in [0.25, 0.3) is 5.91 Å². The number of methoxy groups -OCH3 is 1. The van der Waals surface area contributed by atoms with Gasteiger partial charge in [-0.1, -0.05) is 12.1 Å². The molecule has 0 radical (unpaired) electrons. The molecule has 2 N–H and O–H groups in total. The third kappa shape index (κ3) is 5.28. The first-order valence-corrected chi connectivity index (χ1v) is 11.3. The maximum Gasteiger partial charge on any atom is 0.339 e. The molecule has 8 nitrogen and oxygen atoms in total. The van der Waals surface area contributed by atoms with Gasteiger partial charge in [-0.25, -0.2) is 4.79 Å². The summed E-state index contributed by atoms with van der Waals surface area (Å²) >= 11 is 0. The average Bonchev–Trinajstić information content (AvgIpc) is 3.36. The molecule has 0 saturated carbocycles. The molecule has 2 heterocycles. The second-order valence-electron chi connectivity index (χ2n) is 8.29. The van der Waals surface area contributed by atoms with Crippen LogP contribution in [-0.4, -0.2) is 38.2 Å². The molecular weight excluding hydrogens is 436 g/mol. The van der Waals surface area contributed by atoms with Crippen molar-refractivity contribution in [2.45, 2.75) is 38.7 Å². The van der Waals surface area contributed by atoms with Crippen molar-refractivity contribution >= 4 is 28.5 Å². The summed E-state index contributed by atoms with van der Waals surface area (Å²) in [4.78, 5) is 37.9. The Hall–Kier alpha value is -3.65. The lowest BCUT2D eigenvalue weighted by Crippen LogP contribution is -2.32. The third-order valence-corrected chi connectivity index (χ3v) is 6.06. The monoisotopic (exact) mass is 464 g/mol. The number of hydrogen-bond acceptors (Lipinski definition) is 6. The Morgan fingerprint density at radius 1 is 1.18 bits per heavy atom. The molecule has 0 spiro atoms. The van der Waals surface area contributed by atoms with E-state index in [0.717, 1.165) is 30.4 Å². The number of aryl methyl sites for hydroxylation is 1. The summed E-state index contributed by atoms with van der Waals surface area (Å²) in [6, 6.07) is 12.1. The first kappa shape index (κ1) is 23.5. The van der Waals surface area contributed by atoms with Gasteiger partial charge in [0.15, 0.2) is 0 Å². The van der Waals surface area contributed by atoms with Crippen molar-refractivity contribution < 1.29 is 23.5 Å². The zero-order valence-electron chi connectivity index (χ0n) is 19.3. The van der Waals surface area contributed by atoms with Crippen LogP contribution in [-0.2, 0) is 16.0 Å². The zero-order chi connectivity index (χ0) is 24.1. The Bertz CT molecular complexity index is 1260. The van der Waals surface area contributed by atoms with Crippen molar-refractivity contribution in [2.24, 2.45) is 0 Å². The van der Waals surface area contributed by atoms with Crippen molar-refractivity contribution in [3.05, 3.63) is 69.6 Å². The Morgan fingerprint density at radius 3 is 2.76 bits per heavy atom. The zero-order valence-corrected chi connectivity index (χ0v) is 19.3. The summed E-state index contributed by atoms with van der Waals surface area (Å²) in [7, 11) is 1.55. The summed E-state index contributed by atoms with van der Waals surface area (Å²) in [6.07, 6.45) is 2.24. The molecule has 3 aromatic rings. The summed E-state index contributed by atoms with van der Waals surface area (Å²) in [5.41, 5.74) is 2.00. The van der Waals surface area contributed by atoms with Gasteiger partial charge in [-0.05, 0) is 56.0 Å². The smallest absolute Gasteiger partial charge is 0.339 e.